The molecule has 0 aromatic heterocycles. The molecule has 17 heavy (non-hydrogen) atoms. The first kappa shape index (κ1) is 14.1. The Labute approximate surface area is 106 Å². The highest BCUT2D eigenvalue weighted by Gasteiger charge is 2.20. The highest BCUT2D eigenvalue weighted by atomic mass is 16.5. The van der Waals surface area contributed by atoms with Crippen molar-refractivity contribution in [1.29, 1.82) is 0 Å². The quantitative estimate of drug-likeness (QED) is 0.727. The van der Waals surface area contributed by atoms with Crippen LogP contribution in [0.3, 0.4) is 0 Å². The maximum absolute atomic E-state index is 5.46. The Bertz CT molecular complexity index is 377. The molecule has 1 nitrogen and oxygen atoms in total. The molecule has 0 fully saturated rings. The van der Waals surface area contributed by atoms with Gasteiger partial charge in [-0.25, -0.2) is 0 Å². The molecule has 96 valence electrons. The van der Waals surface area contributed by atoms with Crippen molar-refractivity contribution in [2.45, 2.75) is 53.4 Å². The molecule has 0 saturated heterocycles. The standard InChI is InChI=1S/C16H26O/c1-15(2,3)11-12-8-9-14(17-7)13(10-12)16(4,5)6/h8-10H,11H2,1-7H3. The van der Waals surface area contributed by atoms with Gasteiger partial charge in [-0.3, -0.25) is 0 Å². The zero-order valence-corrected chi connectivity index (χ0v) is 12.3. The van der Waals surface area contributed by atoms with Crippen molar-refractivity contribution >= 4 is 0 Å². The molecular formula is C16H26O. The third kappa shape index (κ3) is 4.07. The van der Waals surface area contributed by atoms with E-state index in [0.29, 0.717) is 5.41 Å². The van der Waals surface area contributed by atoms with Gasteiger partial charge in [0.2, 0.25) is 0 Å². The average Bonchev–Trinajstić information content (AvgIpc) is 2.13. The van der Waals surface area contributed by atoms with Crippen molar-refractivity contribution in [1.82, 2.24) is 0 Å². The maximum atomic E-state index is 5.46. The van der Waals surface area contributed by atoms with Crippen LogP contribution in [0.15, 0.2) is 18.2 Å². The van der Waals surface area contributed by atoms with Crippen LogP contribution in [0, 0.1) is 5.41 Å². The Balaban J connectivity index is 3.14. The van der Waals surface area contributed by atoms with Crippen LogP contribution in [0.2, 0.25) is 0 Å². The number of ether oxygens (including phenoxy) is 1. The highest BCUT2D eigenvalue weighted by molar-refractivity contribution is 5.41. The molecule has 0 atom stereocenters. The average molecular weight is 234 g/mol. The lowest BCUT2D eigenvalue weighted by molar-refractivity contribution is 0.393. The fraction of sp³-hybridized carbons (Fsp3) is 0.625. The molecule has 0 heterocycles. The van der Waals surface area contributed by atoms with E-state index in [-0.39, 0.29) is 5.41 Å². The Morgan fingerprint density at radius 2 is 1.59 bits per heavy atom. The van der Waals surface area contributed by atoms with Gasteiger partial charge in [0.25, 0.3) is 0 Å². The Kier molecular flexibility index (Phi) is 3.91. The SMILES string of the molecule is COc1ccc(CC(C)(C)C)cc1C(C)(C)C. The summed E-state index contributed by atoms with van der Waals surface area (Å²) in [5.74, 6) is 0.996. The van der Waals surface area contributed by atoms with Crippen LogP contribution < -0.4 is 4.74 Å². The highest BCUT2D eigenvalue weighted by Crippen LogP contribution is 2.33. The van der Waals surface area contributed by atoms with Gasteiger partial charge in [-0.1, -0.05) is 53.7 Å². The van der Waals surface area contributed by atoms with E-state index in [0.717, 1.165) is 12.2 Å². The minimum absolute atomic E-state index is 0.124. The van der Waals surface area contributed by atoms with Gasteiger partial charge < -0.3 is 4.74 Å². The normalized spacial score (nSPS) is 12.6. The lowest BCUT2D eigenvalue weighted by atomic mass is 9.82. The van der Waals surface area contributed by atoms with E-state index in [1.807, 2.05) is 0 Å². The minimum atomic E-state index is 0.124. The maximum Gasteiger partial charge on any atom is 0.122 e. The molecule has 0 aliphatic carbocycles. The molecule has 0 spiro atoms. The second kappa shape index (κ2) is 4.72. The molecule has 1 aromatic carbocycles. The van der Waals surface area contributed by atoms with Crippen LogP contribution in [0.5, 0.6) is 5.75 Å². The van der Waals surface area contributed by atoms with Gasteiger partial charge in [0.05, 0.1) is 7.11 Å². The lowest BCUT2D eigenvalue weighted by Crippen LogP contribution is -2.15. The second-order valence-corrected chi connectivity index (χ2v) is 7.02. The summed E-state index contributed by atoms with van der Waals surface area (Å²) in [4.78, 5) is 0. The molecule has 1 aromatic rings. The summed E-state index contributed by atoms with van der Waals surface area (Å²) in [7, 11) is 1.74. The van der Waals surface area contributed by atoms with Crippen LogP contribution >= 0.6 is 0 Å². The van der Waals surface area contributed by atoms with E-state index >= 15 is 0 Å². The van der Waals surface area contributed by atoms with Crippen molar-refractivity contribution in [2.24, 2.45) is 5.41 Å². The molecule has 0 unspecified atom stereocenters. The summed E-state index contributed by atoms with van der Waals surface area (Å²) < 4.78 is 5.46. The van der Waals surface area contributed by atoms with Gasteiger partial charge in [-0.05, 0) is 34.4 Å². The van der Waals surface area contributed by atoms with Gasteiger partial charge in [0, 0.05) is 0 Å². The van der Waals surface area contributed by atoms with Gasteiger partial charge in [-0.2, -0.15) is 0 Å². The molecule has 0 amide bonds. The van der Waals surface area contributed by atoms with E-state index < -0.39 is 0 Å². The van der Waals surface area contributed by atoms with Crippen molar-refractivity contribution in [3.8, 4) is 5.75 Å². The van der Waals surface area contributed by atoms with Gasteiger partial charge in [-0.15, -0.1) is 0 Å². The molecular weight excluding hydrogens is 208 g/mol. The first-order valence-electron chi connectivity index (χ1n) is 6.31. The van der Waals surface area contributed by atoms with Gasteiger partial charge in [0.15, 0.2) is 0 Å². The fourth-order valence-electron chi connectivity index (χ4n) is 2.06. The smallest absolute Gasteiger partial charge is 0.122 e. The van der Waals surface area contributed by atoms with E-state index in [4.69, 9.17) is 4.74 Å². The summed E-state index contributed by atoms with van der Waals surface area (Å²) in [5.41, 5.74) is 3.13. The molecule has 0 aliphatic rings. The van der Waals surface area contributed by atoms with Crippen LogP contribution in [-0.2, 0) is 11.8 Å². The molecule has 0 bridgehead atoms. The number of rotatable bonds is 2. The largest absolute Gasteiger partial charge is 0.496 e. The van der Waals surface area contributed by atoms with E-state index in [1.165, 1.54) is 11.1 Å². The first-order chi connectivity index (χ1) is 7.63. The summed E-state index contributed by atoms with van der Waals surface area (Å²) in [5, 5.41) is 0. The second-order valence-electron chi connectivity index (χ2n) is 7.02. The number of benzene rings is 1. The summed E-state index contributed by atoms with van der Waals surface area (Å²) in [6.07, 6.45) is 1.10. The van der Waals surface area contributed by atoms with Crippen LogP contribution in [0.1, 0.15) is 52.7 Å². The predicted octanol–water partition coefficient (Wildman–Crippen LogP) is 4.58. The summed E-state index contributed by atoms with van der Waals surface area (Å²) >= 11 is 0. The summed E-state index contributed by atoms with van der Waals surface area (Å²) in [6.45, 7) is 13.5. The Morgan fingerprint density at radius 3 is 2.00 bits per heavy atom. The van der Waals surface area contributed by atoms with Crippen molar-refractivity contribution in [2.75, 3.05) is 7.11 Å². The van der Waals surface area contributed by atoms with Crippen LogP contribution in [-0.4, -0.2) is 7.11 Å². The Hall–Kier alpha value is -0.980. The molecule has 0 N–H and O–H groups in total. The van der Waals surface area contributed by atoms with Gasteiger partial charge in [0.1, 0.15) is 5.75 Å². The summed E-state index contributed by atoms with van der Waals surface area (Å²) in [6, 6.07) is 6.57. The lowest BCUT2D eigenvalue weighted by Gasteiger charge is -2.25. The van der Waals surface area contributed by atoms with E-state index in [9.17, 15) is 0 Å². The first-order valence-corrected chi connectivity index (χ1v) is 6.31. The zero-order chi connectivity index (χ0) is 13.3. The zero-order valence-electron chi connectivity index (χ0n) is 12.3. The molecule has 0 radical (unpaired) electrons. The van der Waals surface area contributed by atoms with Crippen molar-refractivity contribution in [3.05, 3.63) is 29.3 Å². The van der Waals surface area contributed by atoms with Crippen molar-refractivity contribution < 1.29 is 4.74 Å². The van der Waals surface area contributed by atoms with Gasteiger partial charge >= 0.3 is 0 Å². The Morgan fingerprint density at radius 1 is 1.00 bits per heavy atom. The number of hydrogen-bond donors (Lipinski definition) is 0. The molecule has 0 saturated carbocycles. The van der Waals surface area contributed by atoms with Crippen LogP contribution in [0.25, 0.3) is 0 Å². The predicted molar refractivity (Wildman–Crippen MR) is 74.9 cm³/mol. The molecule has 1 rings (SSSR count). The minimum Gasteiger partial charge on any atom is -0.496 e. The topological polar surface area (TPSA) is 9.23 Å². The van der Waals surface area contributed by atoms with Crippen LogP contribution in [0.4, 0.5) is 0 Å². The third-order valence-corrected chi connectivity index (χ3v) is 2.81. The monoisotopic (exact) mass is 234 g/mol. The van der Waals surface area contributed by atoms with Crippen molar-refractivity contribution in [3.63, 3.8) is 0 Å². The fourth-order valence-corrected chi connectivity index (χ4v) is 2.06. The van der Waals surface area contributed by atoms with E-state index in [1.54, 1.807) is 7.11 Å². The molecule has 1 heteroatoms. The third-order valence-electron chi connectivity index (χ3n) is 2.81. The number of methoxy groups -OCH3 is 1. The number of hydrogen-bond acceptors (Lipinski definition) is 1. The van der Waals surface area contributed by atoms with E-state index in [2.05, 4.69) is 59.7 Å². The molecule has 0 aliphatic heterocycles.